The molecule has 1 saturated carbocycles. The van der Waals surface area contributed by atoms with Crippen LogP contribution in [0.2, 0.25) is 0 Å². The van der Waals surface area contributed by atoms with Crippen molar-refractivity contribution in [3.05, 3.63) is 0 Å². The summed E-state index contributed by atoms with van der Waals surface area (Å²) < 4.78 is 5.39. The number of hydrogen-bond acceptors (Lipinski definition) is 2. The molecule has 0 aromatic heterocycles. The molecule has 13 heavy (non-hydrogen) atoms. The Kier molecular flexibility index (Phi) is 3.74. The third-order valence-electron chi connectivity index (χ3n) is 2.80. The van der Waals surface area contributed by atoms with Crippen LogP contribution in [-0.2, 0) is 4.74 Å². The van der Waals surface area contributed by atoms with Gasteiger partial charge in [-0.05, 0) is 52.5 Å². The highest BCUT2D eigenvalue weighted by molar-refractivity contribution is 4.80. The average Bonchev–Trinajstić information content (AvgIpc) is 2.83. The predicted octanol–water partition coefficient (Wildman–Crippen LogP) is 2.19. The maximum Gasteiger partial charge on any atom is 0.0637 e. The smallest absolute Gasteiger partial charge is 0.0637 e. The molecule has 1 aliphatic carbocycles. The summed E-state index contributed by atoms with van der Waals surface area (Å²) >= 11 is 0. The number of hydrogen-bond donors (Lipinski definition) is 1. The van der Waals surface area contributed by atoms with Crippen molar-refractivity contribution in [1.29, 1.82) is 0 Å². The van der Waals surface area contributed by atoms with E-state index in [0.717, 1.165) is 12.3 Å². The first-order valence-electron chi connectivity index (χ1n) is 5.32. The monoisotopic (exact) mass is 185 g/mol. The molecular formula is C11H23NO. The van der Waals surface area contributed by atoms with Crippen LogP contribution in [0.25, 0.3) is 0 Å². The van der Waals surface area contributed by atoms with Crippen LogP contribution in [0.3, 0.4) is 0 Å². The molecule has 0 radical (unpaired) electrons. The second kappa shape index (κ2) is 4.43. The molecule has 78 valence electrons. The Morgan fingerprint density at radius 2 is 2.08 bits per heavy atom. The molecule has 1 rings (SSSR count). The van der Waals surface area contributed by atoms with Crippen LogP contribution < -0.4 is 5.32 Å². The zero-order valence-corrected chi connectivity index (χ0v) is 9.39. The van der Waals surface area contributed by atoms with Crippen LogP contribution in [0, 0.1) is 5.92 Å². The Bertz CT molecular complexity index is 152. The van der Waals surface area contributed by atoms with E-state index in [1.54, 1.807) is 7.11 Å². The molecule has 1 unspecified atom stereocenters. The van der Waals surface area contributed by atoms with Crippen LogP contribution in [-0.4, -0.2) is 25.3 Å². The standard InChI is InChI=1S/C11H23NO/c1-9(7-11(2,3)13-4)12-8-10-5-6-10/h9-10,12H,5-8H2,1-4H3. The number of methoxy groups -OCH3 is 1. The van der Waals surface area contributed by atoms with Gasteiger partial charge < -0.3 is 10.1 Å². The molecule has 0 aromatic carbocycles. The zero-order valence-electron chi connectivity index (χ0n) is 9.39. The Morgan fingerprint density at radius 3 is 2.54 bits per heavy atom. The molecule has 0 heterocycles. The van der Waals surface area contributed by atoms with E-state index >= 15 is 0 Å². The minimum Gasteiger partial charge on any atom is -0.379 e. The largest absolute Gasteiger partial charge is 0.379 e. The summed E-state index contributed by atoms with van der Waals surface area (Å²) in [5.41, 5.74) is 0.00989. The molecule has 0 bridgehead atoms. The first-order valence-corrected chi connectivity index (χ1v) is 5.32. The maximum absolute atomic E-state index is 5.39. The summed E-state index contributed by atoms with van der Waals surface area (Å²) in [6, 6.07) is 0.565. The zero-order chi connectivity index (χ0) is 9.90. The Balaban J connectivity index is 2.11. The van der Waals surface area contributed by atoms with Gasteiger partial charge in [-0.15, -0.1) is 0 Å². The Hall–Kier alpha value is -0.0800. The molecule has 0 amide bonds. The lowest BCUT2D eigenvalue weighted by Crippen LogP contribution is -2.36. The second-order valence-electron chi connectivity index (χ2n) is 4.92. The molecule has 0 spiro atoms. The fourth-order valence-corrected chi connectivity index (χ4v) is 1.58. The van der Waals surface area contributed by atoms with Gasteiger partial charge in [-0.25, -0.2) is 0 Å². The molecule has 2 nitrogen and oxygen atoms in total. The molecule has 0 saturated heterocycles. The number of nitrogens with one attached hydrogen (secondary N) is 1. The highest BCUT2D eigenvalue weighted by Gasteiger charge is 2.24. The first-order chi connectivity index (χ1) is 6.03. The predicted molar refractivity (Wildman–Crippen MR) is 55.9 cm³/mol. The molecule has 1 N–H and O–H groups in total. The summed E-state index contributed by atoms with van der Waals surface area (Å²) in [5, 5.41) is 3.55. The molecule has 1 atom stereocenters. The molecule has 1 fully saturated rings. The molecule has 0 aromatic rings. The number of ether oxygens (including phenoxy) is 1. The van der Waals surface area contributed by atoms with Crippen molar-refractivity contribution in [2.24, 2.45) is 5.92 Å². The van der Waals surface area contributed by atoms with Crippen molar-refractivity contribution in [2.45, 2.75) is 51.7 Å². The van der Waals surface area contributed by atoms with Gasteiger partial charge in [-0.2, -0.15) is 0 Å². The molecule has 2 heteroatoms. The van der Waals surface area contributed by atoms with Crippen molar-refractivity contribution < 1.29 is 4.74 Å². The van der Waals surface area contributed by atoms with Gasteiger partial charge in [0.25, 0.3) is 0 Å². The van der Waals surface area contributed by atoms with Gasteiger partial charge in [-0.1, -0.05) is 0 Å². The summed E-state index contributed by atoms with van der Waals surface area (Å²) in [4.78, 5) is 0. The molecular weight excluding hydrogens is 162 g/mol. The van der Waals surface area contributed by atoms with E-state index in [9.17, 15) is 0 Å². The summed E-state index contributed by atoms with van der Waals surface area (Å²) in [7, 11) is 1.79. The Morgan fingerprint density at radius 1 is 1.46 bits per heavy atom. The third kappa shape index (κ3) is 4.63. The third-order valence-corrected chi connectivity index (χ3v) is 2.80. The van der Waals surface area contributed by atoms with E-state index in [0.29, 0.717) is 6.04 Å². The first kappa shape index (κ1) is 11.0. The summed E-state index contributed by atoms with van der Waals surface area (Å²) in [6.07, 6.45) is 3.93. The molecule has 1 aliphatic rings. The van der Waals surface area contributed by atoms with Crippen molar-refractivity contribution >= 4 is 0 Å². The second-order valence-corrected chi connectivity index (χ2v) is 4.92. The fourth-order valence-electron chi connectivity index (χ4n) is 1.58. The SMILES string of the molecule is COC(C)(C)CC(C)NCC1CC1. The number of rotatable bonds is 6. The fraction of sp³-hybridized carbons (Fsp3) is 1.00. The van der Waals surface area contributed by atoms with Crippen molar-refractivity contribution in [3.8, 4) is 0 Å². The van der Waals surface area contributed by atoms with E-state index in [1.165, 1.54) is 19.4 Å². The van der Waals surface area contributed by atoms with Crippen LogP contribution >= 0.6 is 0 Å². The lowest BCUT2D eigenvalue weighted by atomic mass is 10.00. The van der Waals surface area contributed by atoms with E-state index in [2.05, 4.69) is 26.1 Å². The topological polar surface area (TPSA) is 21.3 Å². The van der Waals surface area contributed by atoms with Gasteiger partial charge in [0.2, 0.25) is 0 Å². The van der Waals surface area contributed by atoms with Crippen molar-refractivity contribution in [3.63, 3.8) is 0 Å². The van der Waals surface area contributed by atoms with Gasteiger partial charge in [0, 0.05) is 13.2 Å². The van der Waals surface area contributed by atoms with Gasteiger partial charge in [0.1, 0.15) is 0 Å². The highest BCUT2D eigenvalue weighted by Crippen LogP contribution is 2.28. The maximum atomic E-state index is 5.39. The summed E-state index contributed by atoms with van der Waals surface area (Å²) in [5.74, 6) is 0.966. The van der Waals surface area contributed by atoms with Gasteiger partial charge >= 0.3 is 0 Å². The minimum atomic E-state index is 0.00989. The summed E-state index contributed by atoms with van der Waals surface area (Å²) in [6.45, 7) is 7.72. The normalized spacial score (nSPS) is 20.3. The van der Waals surface area contributed by atoms with Crippen molar-refractivity contribution in [2.75, 3.05) is 13.7 Å². The quantitative estimate of drug-likeness (QED) is 0.685. The van der Waals surface area contributed by atoms with E-state index in [1.807, 2.05) is 0 Å². The van der Waals surface area contributed by atoms with E-state index in [-0.39, 0.29) is 5.60 Å². The van der Waals surface area contributed by atoms with Crippen LogP contribution in [0.5, 0.6) is 0 Å². The van der Waals surface area contributed by atoms with Gasteiger partial charge in [-0.3, -0.25) is 0 Å². The van der Waals surface area contributed by atoms with Gasteiger partial charge in [0.15, 0.2) is 0 Å². The van der Waals surface area contributed by atoms with E-state index < -0.39 is 0 Å². The van der Waals surface area contributed by atoms with E-state index in [4.69, 9.17) is 4.74 Å². The highest BCUT2D eigenvalue weighted by atomic mass is 16.5. The lowest BCUT2D eigenvalue weighted by molar-refractivity contribution is 0.00853. The van der Waals surface area contributed by atoms with Crippen molar-refractivity contribution in [1.82, 2.24) is 5.32 Å². The minimum absolute atomic E-state index is 0.00989. The molecule has 0 aliphatic heterocycles. The van der Waals surface area contributed by atoms with Crippen LogP contribution in [0.15, 0.2) is 0 Å². The lowest BCUT2D eigenvalue weighted by Gasteiger charge is -2.27. The Labute approximate surface area is 82.0 Å². The average molecular weight is 185 g/mol. The van der Waals surface area contributed by atoms with Crippen LogP contribution in [0.1, 0.15) is 40.0 Å². The van der Waals surface area contributed by atoms with Gasteiger partial charge in [0.05, 0.1) is 5.60 Å². The van der Waals surface area contributed by atoms with Crippen LogP contribution in [0.4, 0.5) is 0 Å².